The Balaban J connectivity index is 3.18. The molecular formula is C9H9ClN2O3. The summed E-state index contributed by atoms with van der Waals surface area (Å²) in [7, 11) is 0. The van der Waals surface area contributed by atoms with Gasteiger partial charge in [0.25, 0.3) is 5.69 Å². The molecule has 0 saturated heterocycles. The van der Waals surface area contributed by atoms with Gasteiger partial charge in [-0.15, -0.1) is 0 Å². The van der Waals surface area contributed by atoms with Crippen LogP contribution in [0.15, 0.2) is 18.7 Å². The average molecular weight is 229 g/mol. The number of ether oxygens (including phenoxy) is 1. The van der Waals surface area contributed by atoms with Gasteiger partial charge >= 0.3 is 0 Å². The van der Waals surface area contributed by atoms with Crippen molar-refractivity contribution in [3.8, 4) is 0 Å². The summed E-state index contributed by atoms with van der Waals surface area (Å²) in [6, 6.07) is 2.62. The lowest BCUT2D eigenvalue weighted by molar-refractivity contribution is -0.385. The molecule has 6 heteroatoms. The van der Waals surface area contributed by atoms with Crippen LogP contribution in [0.2, 0.25) is 5.15 Å². The Morgan fingerprint density at radius 3 is 2.93 bits per heavy atom. The normalized spacial score (nSPS) is 9.73. The zero-order valence-electron chi connectivity index (χ0n) is 8.07. The summed E-state index contributed by atoms with van der Waals surface area (Å²) in [5.41, 5.74) is -0.104. The number of pyridine rings is 1. The van der Waals surface area contributed by atoms with Gasteiger partial charge in [-0.3, -0.25) is 10.1 Å². The minimum absolute atomic E-state index is 0.0642. The molecule has 0 radical (unpaired) electrons. The first kappa shape index (κ1) is 11.5. The van der Waals surface area contributed by atoms with Crippen LogP contribution in [0.3, 0.4) is 0 Å². The Kier molecular flexibility index (Phi) is 3.62. The van der Waals surface area contributed by atoms with E-state index in [9.17, 15) is 10.1 Å². The molecule has 1 heterocycles. The zero-order chi connectivity index (χ0) is 11.4. The van der Waals surface area contributed by atoms with Crippen LogP contribution in [0.25, 0.3) is 5.76 Å². The van der Waals surface area contributed by atoms with E-state index in [2.05, 4.69) is 11.6 Å². The Morgan fingerprint density at radius 1 is 1.73 bits per heavy atom. The maximum atomic E-state index is 10.7. The minimum atomic E-state index is -0.553. The molecule has 0 atom stereocenters. The highest BCUT2D eigenvalue weighted by Crippen LogP contribution is 2.25. The standard InChI is InChI=1S/C9H9ClN2O3/c1-3-15-6(2)9-7(12(13)14)4-5-8(10)11-9/h4-5H,2-3H2,1H3. The SMILES string of the molecule is C=C(OCC)c1nc(Cl)ccc1[N+](=O)[O-]. The molecule has 1 rings (SSSR count). The number of nitro groups is 1. The summed E-state index contributed by atoms with van der Waals surface area (Å²) in [6.07, 6.45) is 0. The summed E-state index contributed by atoms with van der Waals surface area (Å²) in [5.74, 6) is 0.145. The van der Waals surface area contributed by atoms with Crippen molar-refractivity contribution in [2.75, 3.05) is 6.61 Å². The van der Waals surface area contributed by atoms with Gasteiger partial charge in [0.1, 0.15) is 10.9 Å². The van der Waals surface area contributed by atoms with E-state index in [-0.39, 0.29) is 22.3 Å². The molecule has 15 heavy (non-hydrogen) atoms. The molecule has 80 valence electrons. The maximum absolute atomic E-state index is 10.7. The van der Waals surface area contributed by atoms with E-state index in [1.54, 1.807) is 6.92 Å². The van der Waals surface area contributed by atoms with Gasteiger partial charge in [0.2, 0.25) is 0 Å². The molecule has 0 aliphatic rings. The monoisotopic (exact) mass is 228 g/mol. The summed E-state index contributed by atoms with van der Waals surface area (Å²) < 4.78 is 5.05. The van der Waals surface area contributed by atoms with Gasteiger partial charge < -0.3 is 4.74 Å². The highest BCUT2D eigenvalue weighted by Gasteiger charge is 2.18. The maximum Gasteiger partial charge on any atom is 0.298 e. The van der Waals surface area contributed by atoms with Crippen LogP contribution in [-0.2, 0) is 4.74 Å². The first-order valence-corrected chi connectivity index (χ1v) is 4.57. The molecule has 0 aromatic carbocycles. The van der Waals surface area contributed by atoms with Crippen LogP contribution >= 0.6 is 11.6 Å². The fourth-order valence-corrected chi connectivity index (χ4v) is 1.17. The third kappa shape index (κ3) is 2.66. The summed E-state index contributed by atoms with van der Waals surface area (Å²) >= 11 is 5.64. The lowest BCUT2D eigenvalue weighted by Gasteiger charge is -2.06. The molecule has 0 aliphatic heterocycles. The van der Waals surface area contributed by atoms with Crippen molar-refractivity contribution in [2.45, 2.75) is 6.92 Å². The molecular weight excluding hydrogens is 220 g/mol. The van der Waals surface area contributed by atoms with Crippen molar-refractivity contribution in [1.82, 2.24) is 4.98 Å². The lowest BCUT2D eigenvalue weighted by atomic mass is 10.3. The van der Waals surface area contributed by atoms with E-state index in [0.717, 1.165) is 0 Å². The van der Waals surface area contributed by atoms with Crippen LogP contribution < -0.4 is 0 Å². The van der Waals surface area contributed by atoms with Crippen molar-refractivity contribution in [1.29, 1.82) is 0 Å². The molecule has 0 fully saturated rings. The van der Waals surface area contributed by atoms with Crippen LogP contribution in [0.1, 0.15) is 12.6 Å². The number of hydrogen-bond acceptors (Lipinski definition) is 4. The second-order valence-corrected chi connectivity index (χ2v) is 3.00. The highest BCUT2D eigenvalue weighted by atomic mass is 35.5. The van der Waals surface area contributed by atoms with Gasteiger partial charge in [0, 0.05) is 6.07 Å². The van der Waals surface area contributed by atoms with E-state index in [0.29, 0.717) is 6.61 Å². The Morgan fingerprint density at radius 2 is 2.40 bits per heavy atom. The lowest BCUT2D eigenvalue weighted by Crippen LogP contribution is -2.00. The minimum Gasteiger partial charge on any atom is -0.492 e. The molecule has 0 aliphatic carbocycles. The highest BCUT2D eigenvalue weighted by molar-refractivity contribution is 6.29. The van der Waals surface area contributed by atoms with E-state index in [1.165, 1.54) is 12.1 Å². The van der Waals surface area contributed by atoms with Gasteiger partial charge in [-0.2, -0.15) is 0 Å². The summed E-state index contributed by atoms with van der Waals surface area (Å²) in [5, 5.41) is 10.8. The van der Waals surface area contributed by atoms with Gasteiger partial charge in [0.15, 0.2) is 5.69 Å². The number of nitrogens with zero attached hydrogens (tertiary/aromatic N) is 2. The molecule has 5 nitrogen and oxygen atoms in total. The molecule has 1 aromatic heterocycles. The number of hydrogen-bond donors (Lipinski definition) is 0. The topological polar surface area (TPSA) is 65.3 Å². The fourth-order valence-electron chi connectivity index (χ4n) is 1.02. The Bertz CT molecular complexity index is 406. The smallest absolute Gasteiger partial charge is 0.298 e. The molecule has 0 bridgehead atoms. The molecule has 1 aromatic rings. The van der Waals surface area contributed by atoms with Crippen molar-refractivity contribution >= 4 is 23.0 Å². The van der Waals surface area contributed by atoms with Crippen molar-refractivity contribution in [3.05, 3.63) is 39.7 Å². The van der Waals surface area contributed by atoms with Crippen LogP contribution in [0.5, 0.6) is 0 Å². The number of aromatic nitrogens is 1. The molecule has 0 spiro atoms. The van der Waals surface area contributed by atoms with Gasteiger partial charge in [-0.25, -0.2) is 4.98 Å². The van der Waals surface area contributed by atoms with Crippen molar-refractivity contribution < 1.29 is 9.66 Å². The van der Waals surface area contributed by atoms with Crippen LogP contribution in [0, 0.1) is 10.1 Å². The van der Waals surface area contributed by atoms with E-state index >= 15 is 0 Å². The third-order valence-electron chi connectivity index (χ3n) is 1.62. The second kappa shape index (κ2) is 4.75. The van der Waals surface area contributed by atoms with Crippen molar-refractivity contribution in [2.24, 2.45) is 0 Å². The third-order valence-corrected chi connectivity index (χ3v) is 1.83. The molecule has 0 N–H and O–H groups in total. The number of rotatable bonds is 4. The molecule has 0 amide bonds. The average Bonchev–Trinajstić information content (AvgIpc) is 2.17. The van der Waals surface area contributed by atoms with E-state index < -0.39 is 4.92 Å². The first-order chi connectivity index (χ1) is 7.06. The zero-order valence-corrected chi connectivity index (χ0v) is 8.82. The number of halogens is 1. The van der Waals surface area contributed by atoms with Crippen LogP contribution in [0.4, 0.5) is 5.69 Å². The van der Waals surface area contributed by atoms with Gasteiger partial charge in [-0.1, -0.05) is 18.2 Å². The Labute approximate surface area is 91.5 Å². The first-order valence-electron chi connectivity index (χ1n) is 4.19. The summed E-state index contributed by atoms with van der Waals surface area (Å²) in [4.78, 5) is 13.9. The second-order valence-electron chi connectivity index (χ2n) is 2.62. The van der Waals surface area contributed by atoms with E-state index in [4.69, 9.17) is 16.3 Å². The molecule has 0 unspecified atom stereocenters. The quantitative estimate of drug-likeness (QED) is 0.344. The van der Waals surface area contributed by atoms with Gasteiger partial charge in [0.05, 0.1) is 11.5 Å². The predicted octanol–water partition coefficient (Wildman–Crippen LogP) is 2.65. The largest absolute Gasteiger partial charge is 0.492 e. The predicted molar refractivity (Wildman–Crippen MR) is 56.6 cm³/mol. The fraction of sp³-hybridized carbons (Fsp3) is 0.222. The summed E-state index contributed by atoms with van der Waals surface area (Å²) in [6.45, 7) is 5.67. The van der Waals surface area contributed by atoms with Crippen LogP contribution in [-0.4, -0.2) is 16.5 Å². The van der Waals surface area contributed by atoms with E-state index in [1.807, 2.05) is 0 Å². The molecule has 0 saturated carbocycles. The van der Waals surface area contributed by atoms with Crippen molar-refractivity contribution in [3.63, 3.8) is 0 Å². The Hall–Kier alpha value is -1.62. The van der Waals surface area contributed by atoms with Gasteiger partial charge in [-0.05, 0) is 13.0 Å².